The van der Waals surface area contributed by atoms with E-state index < -0.39 is 11.9 Å². The summed E-state index contributed by atoms with van der Waals surface area (Å²) in [6.07, 6.45) is -0.128. The highest BCUT2D eigenvalue weighted by atomic mass is 19.4. The van der Waals surface area contributed by atoms with E-state index in [1.165, 1.54) is 30.5 Å². The lowest BCUT2D eigenvalue weighted by Crippen LogP contribution is -2.15. The van der Waals surface area contributed by atoms with E-state index in [-0.39, 0.29) is 34.4 Å². The first-order chi connectivity index (χ1) is 12.8. The maximum Gasteiger partial charge on any atom is 0.433 e. The quantitative estimate of drug-likeness (QED) is 0.685. The molecule has 4 rings (SSSR count). The molecule has 0 aliphatic heterocycles. The second-order valence-corrected chi connectivity index (χ2v) is 6.71. The first-order valence-electron chi connectivity index (χ1n) is 8.64. The zero-order valence-corrected chi connectivity index (χ0v) is 14.2. The number of carbonyl (C=O) groups is 1. The van der Waals surface area contributed by atoms with Gasteiger partial charge in [0.05, 0.1) is 17.5 Å². The second kappa shape index (κ2) is 6.37. The maximum atomic E-state index is 13.6. The summed E-state index contributed by atoms with van der Waals surface area (Å²) < 4.78 is 41.4. The topological polar surface area (TPSA) is 67.5 Å². The first kappa shape index (κ1) is 17.5. The lowest BCUT2D eigenvalue weighted by molar-refractivity contribution is -0.142. The van der Waals surface area contributed by atoms with Gasteiger partial charge < -0.3 is 5.11 Å². The molecule has 5 nitrogen and oxygen atoms in total. The van der Waals surface area contributed by atoms with Crippen LogP contribution in [-0.2, 0) is 6.18 Å². The standard InChI is InChI=1S/C19H16F3N3O2/c20-19(21,22)16-9-15(11-5-7-13(26)8-6-11)24-18-14(10-23-25(16)18)17(27)12-3-1-2-4-12/h5-10,12,26H,1-4H2. The molecule has 8 heteroatoms. The molecule has 2 heterocycles. The van der Waals surface area contributed by atoms with Crippen LogP contribution in [-0.4, -0.2) is 25.5 Å². The zero-order chi connectivity index (χ0) is 19.2. The van der Waals surface area contributed by atoms with Gasteiger partial charge in [-0.05, 0) is 43.2 Å². The average Bonchev–Trinajstić information content (AvgIpc) is 3.30. The van der Waals surface area contributed by atoms with Crippen LogP contribution in [0.15, 0.2) is 36.5 Å². The number of benzene rings is 1. The van der Waals surface area contributed by atoms with Crippen molar-refractivity contribution in [3.8, 4) is 17.0 Å². The van der Waals surface area contributed by atoms with Crippen LogP contribution < -0.4 is 0 Å². The molecule has 1 aromatic carbocycles. The molecule has 1 saturated carbocycles. The largest absolute Gasteiger partial charge is 0.508 e. The van der Waals surface area contributed by atoms with E-state index in [1.807, 2.05) is 0 Å². The number of rotatable bonds is 3. The average molecular weight is 375 g/mol. The number of hydrogen-bond donors (Lipinski definition) is 1. The normalized spacial score (nSPS) is 15.5. The van der Waals surface area contributed by atoms with Gasteiger partial charge in [0.1, 0.15) is 5.75 Å². The summed E-state index contributed by atoms with van der Waals surface area (Å²) >= 11 is 0. The molecule has 0 atom stereocenters. The van der Waals surface area contributed by atoms with Crippen molar-refractivity contribution in [1.29, 1.82) is 0 Å². The third-order valence-electron chi connectivity index (χ3n) is 4.92. The molecule has 0 radical (unpaired) electrons. The van der Waals surface area contributed by atoms with Crippen LogP contribution in [0.5, 0.6) is 5.75 Å². The van der Waals surface area contributed by atoms with E-state index in [0.29, 0.717) is 10.1 Å². The molecule has 0 saturated heterocycles. The van der Waals surface area contributed by atoms with Crippen molar-refractivity contribution in [3.05, 3.63) is 47.8 Å². The van der Waals surface area contributed by atoms with Crippen LogP contribution in [0.3, 0.4) is 0 Å². The minimum atomic E-state index is -4.66. The Morgan fingerprint density at radius 2 is 1.81 bits per heavy atom. The number of hydrogen-bond acceptors (Lipinski definition) is 4. The van der Waals surface area contributed by atoms with Crippen molar-refractivity contribution in [2.45, 2.75) is 31.9 Å². The number of carbonyl (C=O) groups excluding carboxylic acids is 1. The Bertz CT molecular complexity index is 1000. The highest BCUT2D eigenvalue weighted by Gasteiger charge is 2.36. The predicted molar refractivity (Wildman–Crippen MR) is 91.4 cm³/mol. The summed E-state index contributed by atoms with van der Waals surface area (Å²) in [6.45, 7) is 0. The van der Waals surface area contributed by atoms with Gasteiger partial charge in [0.2, 0.25) is 0 Å². The summed E-state index contributed by atoms with van der Waals surface area (Å²) in [6, 6.07) is 6.59. The van der Waals surface area contributed by atoms with Crippen molar-refractivity contribution in [2.75, 3.05) is 0 Å². The van der Waals surface area contributed by atoms with Gasteiger partial charge in [0.15, 0.2) is 17.1 Å². The SMILES string of the molecule is O=C(c1cnn2c(C(F)(F)F)cc(-c3ccc(O)cc3)nc12)C1CCCC1. The maximum absolute atomic E-state index is 13.6. The highest BCUT2D eigenvalue weighted by Crippen LogP contribution is 2.34. The number of aromatic nitrogens is 3. The molecule has 1 aliphatic carbocycles. The monoisotopic (exact) mass is 375 g/mol. The Morgan fingerprint density at radius 1 is 1.15 bits per heavy atom. The zero-order valence-electron chi connectivity index (χ0n) is 14.2. The fraction of sp³-hybridized carbons (Fsp3) is 0.316. The predicted octanol–water partition coefficient (Wildman–Crippen LogP) is 4.49. The van der Waals surface area contributed by atoms with Crippen molar-refractivity contribution in [1.82, 2.24) is 14.6 Å². The van der Waals surface area contributed by atoms with E-state index in [4.69, 9.17) is 0 Å². The lowest BCUT2D eigenvalue weighted by Gasteiger charge is -2.12. The van der Waals surface area contributed by atoms with Gasteiger partial charge >= 0.3 is 6.18 Å². The molecule has 0 bridgehead atoms. The van der Waals surface area contributed by atoms with E-state index in [1.54, 1.807) is 0 Å². The van der Waals surface area contributed by atoms with Crippen LogP contribution in [0.1, 0.15) is 41.7 Å². The molecular weight excluding hydrogens is 359 g/mol. The van der Waals surface area contributed by atoms with Gasteiger partial charge in [-0.2, -0.15) is 18.3 Å². The molecule has 3 aromatic rings. The number of Topliss-reactive ketones (excluding diaryl/α,β-unsaturated/α-hetero) is 1. The van der Waals surface area contributed by atoms with Gasteiger partial charge in [-0.3, -0.25) is 4.79 Å². The number of nitrogens with zero attached hydrogens (tertiary/aromatic N) is 3. The minimum absolute atomic E-state index is 0.00248. The summed E-state index contributed by atoms with van der Waals surface area (Å²) in [5.74, 6) is -0.394. The van der Waals surface area contributed by atoms with Crippen molar-refractivity contribution >= 4 is 11.4 Å². The molecule has 27 heavy (non-hydrogen) atoms. The molecule has 1 N–H and O–H groups in total. The molecule has 1 aliphatic rings. The number of aromatic hydroxyl groups is 1. The summed E-state index contributed by atoms with van der Waals surface area (Å²) in [5, 5.41) is 13.2. The Labute approximate surface area is 152 Å². The Balaban J connectivity index is 1.91. The summed E-state index contributed by atoms with van der Waals surface area (Å²) in [7, 11) is 0. The van der Waals surface area contributed by atoms with Gasteiger partial charge in [0.25, 0.3) is 0 Å². The van der Waals surface area contributed by atoms with E-state index >= 15 is 0 Å². The Morgan fingerprint density at radius 3 is 2.44 bits per heavy atom. The van der Waals surface area contributed by atoms with E-state index in [2.05, 4.69) is 10.1 Å². The molecule has 1 fully saturated rings. The van der Waals surface area contributed by atoms with Crippen LogP contribution in [0, 0.1) is 5.92 Å². The number of ketones is 1. The van der Waals surface area contributed by atoms with Gasteiger partial charge in [0, 0.05) is 11.5 Å². The molecule has 0 spiro atoms. The molecule has 0 unspecified atom stereocenters. The summed E-state index contributed by atoms with van der Waals surface area (Å²) in [4.78, 5) is 17.1. The number of phenols is 1. The van der Waals surface area contributed by atoms with Crippen LogP contribution in [0.4, 0.5) is 13.2 Å². The highest BCUT2D eigenvalue weighted by molar-refractivity contribution is 6.03. The fourth-order valence-electron chi connectivity index (χ4n) is 3.53. The number of alkyl halides is 3. The van der Waals surface area contributed by atoms with Crippen molar-refractivity contribution in [2.24, 2.45) is 5.92 Å². The van der Waals surface area contributed by atoms with Crippen molar-refractivity contribution < 1.29 is 23.1 Å². The van der Waals surface area contributed by atoms with Crippen LogP contribution in [0.25, 0.3) is 16.9 Å². The number of phenolic OH excluding ortho intramolecular Hbond substituents is 1. The smallest absolute Gasteiger partial charge is 0.433 e. The van der Waals surface area contributed by atoms with Crippen molar-refractivity contribution in [3.63, 3.8) is 0 Å². The molecule has 2 aromatic heterocycles. The number of halogens is 3. The molecule has 0 amide bonds. The third kappa shape index (κ3) is 3.15. The van der Waals surface area contributed by atoms with Gasteiger partial charge in [-0.1, -0.05) is 12.8 Å². The number of fused-ring (bicyclic) bond motifs is 1. The second-order valence-electron chi connectivity index (χ2n) is 6.71. The van der Waals surface area contributed by atoms with Crippen LogP contribution in [0.2, 0.25) is 0 Å². The van der Waals surface area contributed by atoms with E-state index in [9.17, 15) is 23.1 Å². The van der Waals surface area contributed by atoms with Crippen LogP contribution >= 0.6 is 0 Å². The fourth-order valence-corrected chi connectivity index (χ4v) is 3.53. The Kier molecular flexibility index (Phi) is 4.13. The molecule has 140 valence electrons. The third-order valence-corrected chi connectivity index (χ3v) is 4.92. The van der Waals surface area contributed by atoms with Gasteiger partial charge in [-0.15, -0.1) is 0 Å². The van der Waals surface area contributed by atoms with E-state index in [0.717, 1.165) is 31.7 Å². The first-order valence-corrected chi connectivity index (χ1v) is 8.64. The van der Waals surface area contributed by atoms with Gasteiger partial charge in [-0.25, -0.2) is 9.50 Å². The Hall–Kier alpha value is -2.90. The lowest BCUT2D eigenvalue weighted by atomic mass is 9.98. The summed E-state index contributed by atoms with van der Waals surface area (Å²) in [5.41, 5.74) is -0.504. The molecular formula is C19H16F3N3O2. The minimum Gasteiger partial charge on any atom is -0.508 e.